The number of pyridine rings is 1. The van der Waals surface area contributed by atoms with Crippen LogP contribution in [0.1, 0.15) is 22.4 Å². The zero-order chi connectivity index (χ0) is 23.1. The molecule has 0 spiro atoms. The predicted molar refractivity (Wildman–Crippen MR) is 121 cm³/mol. The highest BCUT2D eigenvalue weighted by Gasteiger charge is 2.19. The number of hydrogen-bond donors (Lipinski definition) is 2. The van der Waals surface area contributed by atoms with E-state index in [0.29, 0.717) is 21.3 Å². The molecule has 31 heavy (non-hydrogen) atoms. The first-order chi connectivity index (χ1) is 14.7. The summed E-state index contributed by atoms with van der Waals surface area (Å²) in [6, 6.07) is 4.57. The van der Waals surface area contributed by atoms with E-state index in [2.05, 4.69) is 31.4 Å². The van der Waals surface area contributed by atoms with E-state index in [9.17, 15) is 25.3 Å². The molecule has 11 nitrogen and oxygen atoms in total. The summed E-state index contributed by atoms with van der Waals surface area (Å²) in [5.41, 5.74) is 3.29. The molecule has 0 aliphatic carbocycles. The van der Waals surface area contributed by atoms with Crippen molar-refractivity contribution in [2.24, 2.45) is 5.10 Å². The Balaban J connectivity index is 2.09. The van der Waals surface area contributed by atoms with Crippen LogP contribution in [0, 0.1) is 31.9 Å². The number of methoxy groups -OCH3 is 1. The van der Waals surface area contributed by atoms with Crippen LogP contribution >= 0.6 is 38.5 Å². The van der Waals surface area contributed by atoms with Gasteiger partial charge in [0.1, 0.15) is 11.6 Å². The van der Waals surface area contributed by atoms with Crippen molar-refractivity contribution < 1.29 is 24.3 Å². The van der Waals surface area contributed by atoms with Crippen LogP contribution in [-0.4, -0.2) is 40.9 Å². The average molecular weight is 604 g/mol. The number of aromatic nitrogens is 1. The minimum Gasteiger partial charge on any atom is -0.501 e. The van der Waals surface area contributed by atoms with Gasteiger partial charge in [-0.05, 0) is 51.5 Å². The molecule has 0 aliphatic heterocycles. The summed E-state index contributed by atoms with van der Waals surface area (Å²) in [5.74, 6) is -1.10. The number of rotatable bonds is 8. The number of halogens is 2. The molecule has 162 valence electrons. The lowest BCUT2D eigenvalue weighted by Gasteiger charge is -2.13. The standard InChI is InChI=1S/C18H15BrIN5O6/c1-9-16(19)12(7-30-2)11(5-21)18(23-9)31-8-15(26)24-22-6-10-3-13(20)17(27)14(4-10)25(28)29/h3-4,6,27H,7-8H2,1-2H3,(H,24,26)/b22-6+. The van der Waals surface area contributed by atoms with E-state index < -0.39 is 28.9 Å². The minimum absolute atomic E-state index is 0.0157. The molecule has 13 heteroatoms. The number of amides is 1. The fourth-order valence-corrected chi connectivity index (χ4v) is 3.41. The number of benzene rings is 1. The van der Waals surface area contributed by atoms with Gasteiger partial charge in [0.15, 0.2) is 6.61 Å². The van der Waals surface area contributed by atoms with Crippen LogP contribution in [0.3, 0.4) is 0 Å². The molecular weight excluding hydrogens is 589 g/mol. The number of aryl methyl sites for hydroxylation is 1. The molecule has 0 saturated carbocycles. The van der Waals surface area contributed by atoms with Gasteiger partial charge in [-0.25, -0.2) is 10.4 Å². The van der Waals surface area contributed by atoms with Crippen molar-refractivity contribution in [1.82, 2.24) is 10.4 Å². The maximum atomic E-state index is 12.0. The third kappa shape index (κ3) is 6.09. The number of phenolic OH excluding ortho intramolecular Hbond substituents is 1. The average Bonchev–Trinajstić information content (AvgIpc) is 2.72. The van der Waals surface area contributed by atoms with E-state index in [1.807, 2.05) is 6.07 Å². The molecule has 0 saturated heterocycles. The van der Waals surface area contributed by atoms with Crippen LogP contribution in [0.2, 0.25) is 0 Å². The Morgan fingerprint density at radius 1 is 1.55 bits per heavy atom. The van der Waals surface area contributed by atoms with Crippen LogP contribution in [0.15, 0.2) is 21.7 Å². The Morgan fingerprint density at radius 3 is 2.87 bits per heavy atom. The Kier molecular flexibility index (Phi) is 8.65. The molecule has 0 bridgehead atoms. The van der Waals surface area contributed by atoms with Crippen LogP contribution in [0.4, 0.5) is 5.69 Å². The summed E-state index contributed by atoms with van der Waals surface area (Å²) in [6.07, 6.45) is 1.19. The second kappa shape index (κ2) is 11.0. The van der Waals surface area contributed by atoms with Gasteiger partial charge in [-0.3, -0.25) is 14.9 Å². The third-order valence-corrected chi connectivity index (χ3v) is 5.65. The van der Waals surface area contributed by atoms with Gasteiger partial charge >= 0.3 is 5.69 Å². The molecule has 2 aromatic rings. The summed E-state index contributed by atoms with van der Waals surface area (Å²) in [7, 11) is 1.49. The summed E-state index contributed by atoms with van der Waals surface area (Å²) in [6.45, 7) is 1.39. The monoisotopic (exact) mass is 603 g/mol. The SMILES string of the molecule is COCc1c(Br)c(C)nc(OCC(=O)N/N=C/c2cc(I)c(O)c([N+](=O)[O-])c2)c1C#N. The van der Waals surface area contributed by atoms with Crippen molar-refractivity contribution in [3.63, 3.8) is 0 Å². The summed E-state index contributed by atoms with van der Waals surface area (Å²) < 4.78 is 11.4. The summed E-state index contributed by atoms with van der Waals surface area (Å²) in [4.78, 5) is 26.4. The fourth-order valence-electron chi connectivity index (χ4n) is 2.38. The molecule has 1 aromatic heterocycles. The third-order valence-electron chi connectivity index (χ3n) is 3.77. The van der Waals surface area contributed by atoms with Gasteiger partial charge in [0.25, 0.3) is 5.91 Å². The molecule has 0 aliphatic rings. The topological polar surface area (TPSA) is 160 Å². The molecule has 2 N–H and O–H groups in total. The van der Waals surface area contributed by atoms with E-state index in [-0.39, 0.29) is 21.6 Å². The number of nitro groups is 1. The van der Waals surface area contributed by atoms with Crippen molar-refractivity contribution in [2.75, 3.05) is 13.7 Å². The molecule has 0 atom stereocenters. The van der Waals surface area contributed by atoms with Gasteiger partial charge in [-0.15, -0.1) is 0 Å². The van der Waals surface area contributed by atoms with Crippen molar-refractivity contribution in [1.29, 1.82) is 5.26 Å². The number of carbonyl (C=O) groups excluding carboxylic acids is 1. The van der Waals surface area contributed by atoms with Gasteiger partial charge in [-0.1, -0.05) is 0 Å². The first-order valence-corrected chi connectivity index (χ1v) is 10.3. The van der Waals surface area contributed by atoms with Gasteiger partial charge in [0, 0.05) is 28.8 Å². The van der Waals surface area contributed by atoms with Gasteiger partial charge in [0.05, 0.1) is 27.0 Å². The first-order valence-electron chi connectivity index (χ1n) is 8.39. The lowest BCUT2D eigenvalue weighted by molar-refractivity contribution is -0.386. The summed E-state index contributed by atoms with van der Waals surface area (Å²) >= 11 is 5.11. The second-order valence-electron chi connectivity index (χ2n) is 5.92. The molecule has 1 aromatic carbocycles. The highest BCUT2D eigenvalue weighted by Crippen LogP contribution is 2.32. The second-order valence-corrected chi connectivity index (χ2v) is 7.88. The Labute approximate surface area is 198 Å². The van der Waals surface area contributed by atoms with Crippen LogP contribution < -0.4 is 10.2 Å². The molecule has 0 unspecified atom stereocenters. The van der Waals surface area contributed by atoms with Crippen molar-refractivity contribution >= 4 is 56.3 Å². The van der Waals surface area contributed by atoms with Crippen molar-refractivity contribution in [3.8, 4) is 17.7 Å². The quantitative estimate of drug-likeness (QED) is 0.202. The Bertz CT molecular complexity index is 1100. The van der Waals surface area contributed by atoms with E-state index in [1.54, 1.807) is 29.5 Å². The summed E-state index contributed by atoms with van der Waals surface area (Å²) in [5, 5.41) is 33.8. The first kappa shape index (κ1) is 24.4. The van der Waals surface area contributed by atoms with Crippen LogP contribution in [-0.2, 0) is 16.1 Å². The lowest BCUT2D eigenvalue weighted by atomic mass is 10.1. The molecule has 2 rings (SSSR count). The molecule has 1 amide bonds. The Morgan fingerprint density at radius 2 is 2.26 bits per heavy atom. The number of nitrogens with one attached hydrogen (secondary N) is 1. The number of nitro benzene ring substituents is 1. The number of hydrogen-bond acceptors (Lipinski definition) is 9. The van der Waals surface area contributed by atoms with E-state index in [0.717, 1.165) is 6.07 Å². The molecule has 0 radical (unpaired) electrons. The normalized spacial score (nSPS) is 10.7. The van der Waals surface area contributed by atoms with Crippen LogP contribution in [0.25, 0.3) is 0 Å². The van der Waals surface area contributed by atoms with Gasteiger partial charge in [0.2, 0.25) is 11.6 Å². The zero-order valence-corrected chi connectivity index (χ0v) is 19.9. The molecule has 1 heterocycles. The van der Waals surface area contributed by atoms with E-state index >= 15 is 0 Å². The van der Waals surface area contributed by atoms with Crippen molar-refractivity contribution in [2.45, 2.75) is 13.5 Å². The van der Waals surface area contributed by atoms with Gasteiger partial charge < -0.3 is 14.6 Å². The van der Waals surface area contributed by atoms with E-state index in [4.69, 9.17) is 9.47 Å². The molecular formula is C18H15BrIN5O6. The van der Waals surface area contributed by atoms with Crippen molar-refractivity contribution in [3.05, 3.63) is 52.7 Å². The van der Waals surface area contributed by atoms with Crippen LogP contribution in [0.5, 0.6) is 11.6 Å². The highest BCUT2D eigenvalue weighted by molar-refractivity contribution is 14.1. The smallest absolute Gasteiger partial charge is 0.312 e. The number of hydrazone groups is 1. The fraction of sp³-hybridized carbons (Fsp3) is 0.222. The number of aromatic hydroxyl groups is 1. The minimum atomic E-state index is -0.723. The number of phenols is 1. The largest absolute Gasteiger partial charge is 0.501 e. The highest BCUT2D eigenvalue weighted by atomic mass is 127. The number of carbonyl (C=O) groups is 1. The maximum absolute atomic E-state index is 12.0. The number of nitriles is 1. The zero-order valence-electron chi connectivity index (χ0n) is 16.2. The maximum Gasteiger partial charge on any atom is 0.312 e. The number of nitrogens with zero attached hydrogens (tertiary/aromatic N) is 4. The predicted octanol–water partition coefficient (Wildman–Crippen LogP) is 2.92. The Hall–Kier alpha value is -2.83. The van der Waals surface area contributed by atoms with Gasteiger partial charge in [-0.2, -0.15) is 10.4 Å². The van der Waals surface area contributed by atoms with E-state index in [1.165, 1.54) is 19.4 Å². The number of ether oxygens (including phenoxy) is 2. The molecule has 0 fully saturated rings. The lowest BCUT2D eigenvalue weighted by Crippen LogP contribution is -2.25.